The Morgan fingerprint density at radius 3 is 2.58 bits per heavy atom. The van der Waals surface area contributed by atoms with E-state index in [0.717, 1.165) is 11.8 Å². The van der Waals surface area contributed by atoms with Crippen molar-refractivity contribution in [3.63, 3.8) is 0 Å². The summed E-state index contributed by atoms with van der Waals surface area (Å²) in [6.45, 7) is 4.85. The summed E-state index contributed by atoms with van der Waals surface area (Å²) in [5, 5.41) is 4.00. The van der Waals surface area contributed by atoms with Gasteiger partial charge in [0.2, 0.25) is 0 Å². The average Bonchev–Trinajstić information content (AvgIpc) is 2.43. The lowest BCUT2D eigenvalue weighted by Gasteiger charge is -2.39. The van der Waals surface area contributed by atoms with Gasteiger partial charge < -0.3 is 5.32 Å². The molecule has 104 valence electrons. The summed E-state index contributed by atoms with van der Waals surface area (Å²) in [6.07, 6.45) is 5.48. The van der Waals surface area contributed by atoms with Gasteiger partial charge in [0.15, 0.2) is 0 Å². The van der Waals surface area contributed by atoms with E-state index in [0.29, 0.717) is 12.1 Å². The summed E-state index contributed by atoms with van der Waals surface area (Å²) < 4.78 is 0. The van der Waals surface area contributed by atoms with Crippen LogP contribution >= 0.6 is 11.8 Å². The largest absolute Gasteiger partial charge is 0.307 e. The average molecular weight is 275 g/mol. The van der Waals surface area contributed by atoms with Crippen LogP contribution in [0, 0.1) is 11.8 Å². The molecule has 1 fully saturated rings. The molecule has 1 nitrogen and oxygen atoms in total. The topological polar surface area (TPSA) is 12.0 Å². The summed E-state index contributed by atoms with van der Waals surface area (Å²) in [6, 6.07) is 10.2. The second-order valence-electron chi connectivity index (χ2n) is 6.31. The molecular weight excluding hydrogens is 250 g/mol. The molecule has 1 N–H and O–H groups in total. The maximum absolute atomic E-state index is 4.00. The molecule has 2 heteroatoms. The second kappa shape index (κ2) is 5.88. The van der Waals surface area contributed by atoms with E-state index in [-0.39, 0.29) is 0 Å². The highest BCUT2D eigenvalue weighted by atomic mass is 32.2. The predicted molar refractivity (Wildman–Crippen MR) is 83.6 cm³/mol. The van der Waals surface area contributed by atoms with Gasteiger partial charge in [0.25, 0.3) is 0 Å². The third-order valence-electron chi connectivity index (χ3n) is 4.90. The van der Waals surface area contributed by atoms with Crippen molar-refractivity contribution in [1.29, 1.82) is 0 Å². The number of benzene rings is 1. The van der Waals surface area contributed by atoms with Gasteiger partial charge in [-0.2, -0.15) is 0 Å². The fourth-order valence-corrected chi connectivity index (χ4v) is 4.88. The van der Waals surface area contributed by atoms with Gasteiger partial charge in [-0.25, -0.2) is 0 Å². The first kappa shape index (κ1) is 13.5. The summed E-state index contributed by atoms with van der Waals surface area (Å²) in [5.41, 5.74) is 1.53. The maximum atomic E-state index is 4.00. The summed E-state index contributed by atoms with van der Waals surface area (Å²) in [5.74, 6) is 2.90. The minimum absolute atomic E-state index is 0.574. The molecule has 1 aliphatic carbocycles. The maximum Gasteiger partial charge on any atom is 0.0341 e. The molecule has 2 aliphatic rings. The fraction of sp³-hybridized carbons (Fsp3) is 0.647. The number of thioether (sulfide) groups is 1. The lowest BCUT2D eigenvalue weighted by molar-refractivity contribution is 0.190. The molecule has 3 unspecified atom stereocenters. The van der Waals surface area contributed by atoms with Gasteiger partial charge in [-0.05, 0) is 48.5 Å². The minimum Gasteiger partial charge on any atom is -0.307 e. The SMILES string of the molecule is CC1CCCC(C)C1NC1CCSc2ccccc21. The van der Waals surface area contributed by atoms with Crippen molar-refractivity contribution in [2.45, 2.75) is 56.5 Å². The van der Waals surface area contributed by atoms with Crippen molar-refractivity contribution < 1.29 is 0 Å². The first-order valence-electron chi connectivity index (χ1n) is 7.73. The van der Waals surface area contributed by atoms with Gasteiger partial charge in [0, 0.05) is 17.0 Å². The molecule has 0 saturated heterocycles. The highest BCUT2D eigenvalue weighted by molar-refractivity contribution is 7.99. The van der Waals surface area contributed by atoms with Gasteiger partial charge in [-0.15, -0.1) is 11.8 Å². The van der Waals surface area contributed by atoms with Crippen LogP contribution in [0.3, 0.4) is 0 Å². The van der Waals surface area contributed by atoms with Gasteiger partial charge in [-0.1, -0.05) is 38.5 Å². The van der Waals surface area contributed by atoms with Gasteiger partial charge in [0.05, 0.1) is 0 Å². The lowest BCUT2D eigenvalue weighted by Crippen LogP contribution is -2.45. The molecule has 1 saturated carbocycles. The molecule has 1 aromatic carbocycles. The number of nitrogens with one attached hydrogen (secondary N) is 1. The Labute approximate surface area is 121 Å². The highest BCUT2D eigenvalue weighted by Gasteiger charge is 2.31. The van der Waals surface area contributed by atoms with Crippen LogP contribution in [0.1, 0.15) is 51.1 Å². The third-order valence-corrected chi connectivity index (χ3v) is 6.02. The first-order chi connectivity index (χ1) is 9.25. The van der Waals surface area contributed by atoms with E-state index in [1.807, 2.05) is 11.8 Å². The monoisotopic (exact) mass is 275 g/mol. The number of hydrogen-bond acceptors (Lipinski definition) is 2. The Morgan fingerprint density at radius 2 is 1.79 bits per heavy atom. The zero-order chi connectivity index (χ0) is 13.2. The molecule has 1 heterocycles. The van der Waals surface area contributed by atoms with Crippen molar-refractivity contribution in [3.05, 3.63) is 29.8 Å². The van der Waals surface area contributed by atoms with Crippen LogP contribution in [-0.4, -0.2) is 11.8 Å². The van der Waals surface area contributed by atoms with Crippen LogP contribution in [-0.2, 0) is 0 Å². The lowest BCUT2D eigenvalue weighted by atomic mass is 9.78. The molecule has 0 amide bonds. The molecule has 19 heavy (non-hydrogen) atoms. The van der Waals surface area contributed by atoms with Crippen molar-refractivity contribution >= 4 is 11.8 Å². The predicted octanol–water partition coefficient (Wildman–Crippen LogP) is 4.64. The minimum atomic E-state index is 0.574. The Balaban J connectivity index is 1.77. The van der Waals surface area contributed by atoms with Gasteiger partial charge in [0.1, 0.15) is 0 Å². The molecule has 0 bridgehead atoms. The quantitative estimate of drug-likeness (QED) is 0.844. The molecule has 3 rings (SSSR count). The van der Waals surface area contributed by atoms with E-state index in [9.17, 15) is 0 Å². The molecule has 1 aromatic rings. The van der Waals surface area contributed by atoms with Crippen molar-refractivity contribution in [1.82, 2.24) is 5.32 Å². The molecule has 1 aliphatic heterocycles. The van der Waals surface area contributed by atoms with Gasteiger partial charge in [-0.3, -0.25) is 0 Å². The zero-order valence-corrected chi connectivity index (χ0v) is 12.9. The van der Waals surface area contributed by atoms with Crippen LogP contribution < -0.4 is 5.32 Å². The fourth-order valence-electron chi connectivity index (χ4n) is 3.76. The first-order valence-corrected chi connectivity index (χ1v) is 8.72. The standard InChI is InChI=1S/C17H25NS/c1-12-6-5-7-13(2)17(12)18-15-10-11-19-16-9-4-3-8-14(15)16/h3-4,8-9,12-13,15,17-18H,5-7,10-11H2,1-2H3. The van der Waals surface area contributed by atoms with Crippen molar-refractivity contribution in [2.24, 2.45) is 11.8 Å². The van der Waals surface area contributed by atoms with Crippen LogP contribution in [0.25, 0.3) is 0 Å². The molecule has 0 spiro atoms. The van der Waals surface area contributed by atoms with Gasteiger partial charge >= 0.3 is 0 Å². The van der Waals surface area contributed by atoms with E-state index in [2.05, 4.69) is 43.4 Å². The Bertz CT molecular complexity index is 421. The third kappa shape index (κ3) is 2.85. The van der Waals surface area contributed by atoms with Crippen molar-refractivity contribution in [3.8, 4) is 0 Å². The van der Waals surface area contributed by atoms with Crippen LogP contribution in [0.2, 0.25) is 0 Å². The molecule has 0 radical (unpaired) electrons. The summed E-state index contributed by atoms with van der Waals surface area (Å²) in [4.78, 5) is 1.49. The highest BCUT2D eigenvalue weighted by Crippen LogP contribution is 2.38. The van der Waals surface area contributed by atoms with E-state index in [1.54, 1.807) is 0 Å². The molecule has 0 aromatic heterocycles. The zero-order valence-electron chi connectivity index (χ0n) is 12.1. The van der Waals surface area contributed by atoms with Crippen molar-refractivity contribution in [2.75, 3.05) is 5.75 Å². The normalized spacial score (nSPS) is 34.8. The summed E-state index contributed by atoms with van der Waals surface area (Å²) >= 11 is 2.02. The van der Waals surface area contributed by atoms with E-state index in [4.69, 9.17) is 0 Å². The van der Waals surface area contributed by atoms with Crippen LogP contribution in [0.4, 0.5) is 0 Å². The number of fused-ring (bicyclic) bond motifs is 1. The Kier molecular flexibility index (Phi) is 4.18. The molecule has 3 atom stereocenters. The smallest absolute Gasteiger partial charge is 0.0341 e. The Hall–Kier alpha value is -0.470. The van der Waals surface area contributed by atoms with E-state index in [1.165, 1.54) is 41.9 Å². The van der Waals surface area contributed by atoms with E-state index < -0.39 is 0 Å². The number of hydrogen-bond donors (Lipinski definition) is 1. The summed E-state index contributed by atoms with van der Waals surface area (Å²) in [7, 11) is 0. The van der Waals surface area contributed by atoms with Crippen LogP contribution in [0.5, 0.6) is 0 Å². The number of rotatable bonds is 2. The van der Waals surface area contributed by atoms with Crippen LogP contribution in [0.15, 0.2) is 29.2 Å². The van der Waals surface area contributed by atoms with E-state index >= 15 is 0 Å². The second-order valence-corrected chi connectivity index (χ2v) is 7.44. The Morgan fingerprint density at radius 1 is 1.05 bits per heavy atom. The molecular formula is C17H25NS.